The van der Waals surface area contributed by atoms with Gasteiger partial charge in [-0.1, -0.05) is 0 Å². The molecule has 22 heavy (non-hydrogen) atoms. The number of aliphatic imine (C=N–C) groups is 2. The van der Waals surface area contributed by atoms with Crippen LogP contribution >= 0.6 is 11.5 Å². The highest BCUT2D eigenvalue weighted by atomic mass is 32.1. The van der Waals surface area contributed by atoms with Gasteiger partial charge in [-0.3, -0.25) is 9.67 Å². The molecule has 2 aromatic rings. The van der Waals surface area contributed by atoms with Gasteiger partial charge in [0.25, 0.3) is 0 Å². The summed E-state index contributed by atoms with van der Waals surface area (Å²) in [6.07, 6.45) is 7.68. The molecule has 0 saturated heterocycles. The monoisotopic (exact) mass is 313 g/mol. The average Bonchev–Trinajstić information content (AvgIpc) is 3.19. The van der Waals surface area contributed by atoms with Gasteiger partial charge in [-0.25, -0.2) is 4.99 Å². The number of hydrogen-bond donors (Lipinski definition) is 1. The van der Waals surface area contributed by atoms with E-state index in [1.165, 1.54) is 11.5 Å². The van der Waals surface area contributed by atoms with Crippen LogP contribution in [0.5, 0.6) is 0 Å². The first-order valence-electron chi connectivity index (χ1n) is 6.97. The van der Waals surface area contributed by atoms with Gasteiger partial charge in [0, 0.05) is 31.2 Å². The van der Waals surface area contributed by atoms with E-state index in [4.69, 9.17) is 0 Å². The Labute approximate surface area is 131 Å². The smallest absolute Gasteiger partial charge is 0.174 e. The zero-order valence-corrected chi connectivity index (χ0v) is 13.1. The van der Waals surface area contributed by atoms with Gasteiger partial charge in [-0.05, 0) is 24.5 Å². The fraction of sp³-hybridized carbons (Fsp3) is 0.286. The molecule has 0 radical (unpaired) electrons. The van der Waals surface area contributed by atoms with E-state index in [0.29, 0.717) is 6.54 Å². The second-order valence-electron chi connectivity index (χ2n) is 5.27. The molecule has 0 fully saturated rings. The van der Waals surface area contributed by atoms with Crippen LogP contribution in [-0.2, 0) is 7.05 Å². The lowest BCUT2D eigenvalue weighted by molar-refractivity contribution is 0.458. The Morgan fingerprint density at radius 2 is 2.32 bits per heavy atom. The van der Waals surface area contributed by atoms with Crippen molar-refractivity contribution in [2.24, 2.45) is 17.0 Å². The van der Waals surface area contributed by atoms with Crippen LogP contribution in [-0.4, -0.2) is 37.3 Å². The highest BCUT2D eigenvalue weighted by Crippen LogP contribution is 2.29. The van der Waals surface area contributed by atoms with Crippen molar-refractivity contribution in [2.75, 3.05) is 11.9 Å². The van der Waals surface area contributed by atoms with Crippen molar-refractivity contribution >= 4 is 28.2 Å². The van der Waals surface area contributed by atoms with Crippen LogP contribution in [0, 0.1) is 6.92 Å². The summed E-state index contributed by atoms with van der Waals surface area (Å²) in [6.45, 7) is 2.68. The second-order valence-corrected chi connectivity index (χ2v) is 6.07. The normalized spacial score (nSPS) is 19.9. The number of aryl methyl sites for hydroxylation is 2. The predicted molar refractivity (Wildman–Crippen MR) is 87.1 cm³/mol. The summed E-state index contributed by atoms with van der Waals surface area (Å²) in [5.41, 5.74) is 2.15. The third-order valence-corrected chi connectivity index (χ3v) is 4.41. The maximum absolute atomic E-state index is 4.65. The van der Waals surface area contributed by atoms with Crippen LogP contribution in [0.1, 0.15) is 17.3 Å². The lowest BCUT2D eigenvalue weighted by Crippen LogP contribution is -2.36. The molecular weight excluding hydrogens is 298 g/mol. The number of amidine groups is 2. The minimum absolute atomic E-state index is 0.176. The molecule has 1 atom stereocenters. The van der Waals surface area contributed by atoms with Crippen LogP contribution in [0.15, 0.2) is 40.8 Å². The Bertz CT molecular complexity index is 798. The molecule has 2 aliphatic rings. The van der Waals surface area contributed by atoms with Crippen molar-refractivity contribution in [1.29, 1.82) is 0 Å². The number of rotatable bonds is 2. The van der Waals surface area contributed by atoms with E-state index in [0.717, 1.165) is 27.9 Å². The molecule has 0 aliphatic carbocycles. The summed E-state index contributed by atoms with van der Waals surface area (Å²) >= 11 is 1.42. The van der Waals surface area contributed by atoms with Crippen molar-refractivity contribution in [1.82, 2.24) is 19.1 Å². The molecule has 2 aliphatic heterocycles. The van der Waals surface area contributed by atoms with E-state index in [1.54, 1.807) is 6.20 Å². The molecule has 0 saturated carbocycles. The van der Waals surface area contributed by atoms with Crippen molar-refractivity contribution in [3.63, 3.8) is 0 Å². The zero-order chi connectivity index (χ0) is 15.1. The molecule has 4 rings (SSSR count). The molecule has 0 spiro atoms. The molecule has 8 heteroatoms. The second kappa shape index (κ2) is 5.06. The highest BCUT2D eigenvalue weighted by Gasteiger charge is 2.32. The number of nitrogens with one attached hydrogen (secondary N) is 1. The third kappa shape index (κ3) is 2.21. The standard InChI is InChI=1S/C14H15N7S/c1-9-5-12(22-19-9)18-13-14-16-7-11(21(14)4-3-15-13)10-6-17-20(2)8-10/h3-6,8,11H,7H2,1-2H3,(H,15,18). The summed E-state index contributed by atoms with van der Waals surface area (Å²) in [6, 6.07) is 2.18. The van der Waals surface area contributed by atoms with E-state index < -0.39 is 0 Å². The summed E-state index contributed by atoms with van der Waals surface area (Å²) in [7, 11) is 1.92. The molecule has 1 N–H and O–H groups in total. The molecule has 4 heterocycles. The molecule has 112 valence electrons. The van der Waals surface area contributed by atoms with E-state index >= 15 is 0 Å². The maximum Gasteiger partial charge on any atom is 0.174 e. The molecular formula is C14H15N7S. The number of hydrogen-bond acceptors (Lipinski definition) is 7. The summed E-state index contributed by atoms with van der Waals surface area (Å²) in [4.78, 5) is 11.2. The minimum atomic E-state index is 0.176. The molecule has 1 unspecified atom stereocenters. The minimum Gasteiger partial charge on any atom is -0.328 e. The van der Waals surface area contributed by atoms with Crippen molar-refractivity contribution in [3.05, 3.63) is 42.1 Å². The third-order valence-electron chi connectivity index (χ3n) is 3.62. The SMILES string of the molecule is Cc1cc(NC2=NC=CN3C2=NCC3c2cnn(C)c2)sn1. The highest BCUT2D eigenvalue weighted by molar-refractivity contribution is 7.10. The van der Waals surface area contributed by atoms with E-state index in [-0.39, 0.29) is 6.04 Å². The van der Waals surface area contributed by atoms with Gasteiger partial charge in [-0.15, -0.1) is 0 Å². The van der Waals surface area contributed by atoms with E-state index in [9.17, 15) is 0 Å². The lowest BCUT2D eigenvalue weighted by atomic mass is 10.1. The number of aromatic nitrogens is 3. The Kier molecular flexibility index (Phi) is 3.04. The van der Waals surface area contributed by atoms with Crippen LogP contribution < -0.4 is 5.32 Å². The van der Waals surface area contributed by atoms with Crippen molar-refractivity contribution < 1.29 is 0 Å². The summed E-state index contributed by atoms with van der Waals surface area (Å²) < 4.78 is 6.09. The van der Waals surface area contributed by atoms with Crippen LogP contribution in [0.25, 0.3) is 0 Å². The first-order valence-corrected chi connectivity index (χ1v) is 7.74. The van der Waals surface area contributed by atoms with E-state index in [1.807, 2.05) is 43.3 Å². The molecule has 0 aromatic carbocycles. The summed E-state index contributed by atoms with van der Waals surface area (Å²) in [5, 5.41) is 8.53. The first kappa shape index (κ1) is 13.2. The maximum atomic E-state index is 4.65. The van der Waals surface area contributed by atoms with Gasteiger partial charge in [0.1, 0.15) is 5.00 Å². The topological polar surface area (TPSA) is 70.7 Å². The van der Waals surface area contributed by atoms with Gasteiger partial charge in [-0.2, -0.15) is 9.47 Å². The molecule has 2 aromatic heterocycles. The van der Waals surface area contributed by atoms with Crippen LogP contribution in [0.2, 0.25) is 0 Å². The van der Waals surface area contributed by atoms with Gasteiger partial charge in [0.2, 0.25) is 0 Å². The molecule has 7 nitrogen and oxygen atoms in total. The van der Waals surface area contributed by atoms with Crippen LogP contribution in [0.4, 0.5) is 5.00 Å². The largest absolute Gasteiger partial charge is 0.328 e. The molecule has 0 bridgehead atoms. The van der Waals surface area contributed by atoms with Crippen molar-refractivity contribution in [2.45, 2.75) is 13.0 Å². The van der Waals surface area contributed by atoms with Gasteiger partial charge in [0.05, 0.1) is 24.5 Å². The number of anilines is 1. The van der Waals surface area contributed by atoms with Crippen LogP contribution in [0.3, 0.4) is 0 Å². The van der Waals surface area contributed by atoms with Gasteiger partial charge < -0.3 is 10.2 Å². The van der Waals surface area contributed by atoms with Crippen molar-refractivity contribution in [3.8, 4) is 0 Å². The Hall–Kier alpha value is -2.48. The average molecular weight is 313 g/mol. The van der Waals surface area contributed by atoms with E-state index in [2.05, 4.69) is 29.7 Å². The Morgan fingerprint density at radius 1 is 1.41 bits per heavy atom. The fourth-order valence-electron chi connectivity index (χ4n) is 2.60. The zero-order valence-electron chi connectivity index (χ0n) is 12.3. The van der Waals surface area contributed by atoms with Gasteiger partial charge in [0.15, 0.2) is 11.7 Å². The fourth-order valence-corrected chi connectivity index (χ4v) is 3.27. The lowest BCUT2D eigenvalue weighted by Gasteiger charge is -2.26. The molecule has 0 amide bonds. The number of nitrogens with zero attached hydrogens (tertiary/aromatic N) is 6. The first-order chi connectivity index (χ1) is 10.7. The van der Waals surface area contributed by atoms with Gasteiger partial charge >= 0.3 is 0 Å². The Balaban J connectivity index is 1.57. The predicted octanol–water partition coefficient (Wildman–Crippen LogP) is 1.94. The Morgan fingerprint density at radius 3 is 3.05 bits per heavy atom. The number of fused-ring (bicyclic) bond motifs is 1. The summed E-state index contributed by atoms with van der Waals surface area (Å²) in [5.74, 6) is 1.62. The quantitative estimate of drug-likeness (QED) is 0.920.